The first kappa shape index (κ1) is 26.6. The van der Waals surface area contributed by atoms with Crippen LogP contribution < -0.4 is 20.4 Å². The van der Waals surface area contributed by atoms with Gasteiger partial charge < -0.3 is 25.3 Å². The zero-order valence-corrected chi connectivity index (χ0v) is 22.5. The van der Waals surface area contributed by atoms with Crippen molar-refractivity contribution in [3.63, 3.8) is 0 Å². The monoisotopic (exact) mass is 528 g/mol. The molecule has 0 aliphatic carbocycles. The van der Waals surface area contributed by atoms with Crippen LogP contribution in [0.4, 0.5) is 26.1 Å². The van der Waals surface area contributed by atoms with Gasteiger partial charge in [-0.05, 0) is 58.9 Å². The van der Waals surface area contributed by atoms with Crippen molar-refractivity contribution in [2.24, 2.45) is 0 Å². The van der Waals surface area contributed by atoms with Crippen molar-refractivity contribution in [3.05, 3.63) is 41.7 Å². The summed E-state index contributed by atoms with van der Waals surface area (Å²) in [6.07, 6.45) is 4.93. The number of aromatic nitrogens is 2. The average molecular weight is 529 g/mol. The third kappa shape index (κ3) is 5.68. The average Bonchev–Trinajstić information content (AvgIpc) is 2.91. The molecule has 3 aliphatic rings. The topological polar surface area (TPSA) is 79.9 Å². The highest BCUT2D eigenvalue weighted by Gasteiger charge is 2.42. The largest absolute Gasteiger partial charge is 0.373 e. The van der Waals surface area contributed by atoms with Crippen molar-refractivity contribution < 1.29 is 13.6 Å². The first-order valence-corrected chi connectivity index (χ1v) is 13.4. The Hall–Kier alpha value is -3.05. The number of hydrogen-bond acceptors (Lipinski definition) is 8. The second-order valence-corrected chi connectivity index (χ2v) is 11.0. The Bertz CT molecular complexity index is 1150. The van der Waals surface area contributed by atoms with E-state index in [4.69, 9.17) is 0 Å². The molecule has 2 aromatic rings. The lowest BCUT2D eigenvalue weighted by Crippen LogP contribution is -2.66. The van der Waals surface area contributed by atoms with Gasteiger partial charge in [-0.3, -0.25) is 9.69 Å². The third-order valence-corrected chi connectivity index (χ3v) is 8.32. The Balaban J connectivity index is 1.25. The lowest BCUT2D eigenvalue weighted by Gasteiger charge is -2.48. The summed E-state index contributed by atoms with van der Waals surface area (Å²) < 4.78 is 30.6. The van der Waals surface area contributed by atoms with Crippen LogP contribution in [-0.4, -0.2) is 97.7 Å². The van der Waals surface area contributed by atoms with Gasteiger partial charge >= 0.3 is 0 Å². The second kappa shape index (κ2) is 11.0. The molecule has 0 unspecified atom stereocenters. The van der Waals surface area contributed by atoms with E-state index in [-0.39, 0.29) is 18.1 Å². The van der Waals surface area contributed by atoms with E-state index in [0.717, 1.165) is 37.6 Å². The maximum atomic E-state index is 15.4. The summed E-state index contributed by atoms with van der Waals surface area (Å²) in [5, 5.41) is 6.18. The summed E-state index contributed by atoms with van der Waals surface area (Å²) in [4.78, 5) is 29.6. The van der Waals surface area contributed by atoms with Crippen LogP contribution in [0.2, 0.25) is 0 Å². The first-order chi connectivity index (χ1) is 18.2. The van der Waals surface area contributed by atoms with E-state index in [2.05, 4.69) is 49.4 Å². The van der Waals surface area contributed by atoms with E-state index in [9.17, 15) is 4.79 Å². The molecular formula is C27H38F2N8O. The molecule has 1 amide bonds. The molecule has 3 saturated heterocycles. The molecule has 3 fully saturated rings. The van der Waals surface area contributed by atoms with Gasteiger partial charge in [-0.1, -0.05) is 0 Å². The van der Waals surface area contributed by atoms with Crippen molar-refractivity contribution in [1.29, 1.82) is 0 Å². The standard InChI is InChI=1S/C27H38F2N8O/c1-30-24-14-25(32-18-31-24)36-10-6-27(7-11-36)17-37(16-26(38)33-27)23-13-21(28)19(12-22(23)29)15-35-8-4-20(5-9-35)34(2)3/h12-14,18,20H,4-11,15-17H2,1-3H3,(H,33,38)(H,30,31,32). The second-order valence-electron chi connectivity index (χ2n) is 11.0. The highest BCUT2D eigenvalue weighted by Crippen LogP contribution is 2.33. The molecule has 1 spiro atoms. The number of halogens is 2. The maximum Gasteiger partial charge on any atom is 0.240 e. The zero-order valence-electron chi connectivity index (χ0n) is 22.5. The maximum absolute atomic E-state index is 15.4. The summed E-state index contributed by atoms with van der Waals surface area (Å²) in [5.74, 6) is 0.499. The van der Waals surface area contributed by atoms with Crippen LogP contribution in [-0.2, 0) is 11.3 Å². The Labute approximate surface area is 223 Å². The van der Waals surface area contributed by atoms with Gasteiger partial charge in [0.1, 0.15) is 29.6 Å². The van der Waals surface area contributed by atoms with Gasteiger partial charge in [-0.2, -0.15) is 0 Å². The Morgan fingerprint density at radius 2 is 1.79 bits per heavy atom. The molecule has 38 heavy (non-hydrogen) atoms. The van der Waals surface area contributed by atoms with Crippen LogP contribution in [0.3, 0.4) is 0 Å². The summed E-state index contributed by atoms with van der Waals surface area (Å²) in [6, 6.07) is 5.03. The number of nitrogens with zero attached hydrogens (tertiary/aromatic N) is 6. The Kier molecular flexibility index (Phi) is 7.67. The number of piperidine rings is 2. The van der Waals surface area contributed by atoms with E-state index < -0.39 is 17.2 Å². The number of benzene rings is 1. The minimum Gasteiger partial charge on any atom is -0.373 e. The lowest BCUT2D eigenvalue weighted by atomic mass is 9.85. The van der Waals surface area contributed by atoms with Gasteiger partial charge in [0.2, 0.25) is 5.91 Å². The highest BCUT2D eigenvalue weighted by molar-refractivity contribution is 5.84. The van der Waals surface area contributed by atoms with Gasteiger partial charge in [-0.25, -0.2) is 18.7 Å². The van der Waals surface area contributed by atoms with Crippen LogP contribution in [0.1, 0.15) is 31.2 Å². The fourth-order valence-electron chi connectivity index (χ4n) is 6.02. The zero-order chi connectivity index (χ0) is 26.9. The number of piperazine rings is 1. The minimum atomic E-state index is -0.497. The summed E-state index contributed by atoms with van der Waals surface area (Å²) in [5.41, 5.74) is 0.0248. The summed E-state index contributed by atoms with van der Waals surface area (Å²) in [7, 11) is 5.98. The van der Waals surface area contributed by atoms with E-state index >= 15 is 8.78 Å². The molecule has 0 saturated carbocycles. The number of anilines is 3. The van der Waals surface area contributed by atoms with E-state index in [1.54, 1.807) is 4.90 Å². The van der Waals surface area contributed by atoms with E-state index in [0.29, 0.717) is 50.6 Å². The Morgan fingerprint density at radius 1 is 1.05 bits per heavy atom. The van der Waals surface area contributed by atoms with E-state index in [1.807, 2.05) is 13.1 Å². The van der Waals surface area contributed by atoms with Gasteiger partial charge in [0.05, 0.1) is 17.8 Å². The molecule has 3 aliphatic heterocycles. The van der Waals surface area contributed by atoms with Gasteiger partial charge in [0, 0.05) is 57.0 Å². The van der Waals surface area contributed by atoms with Crippen LogP contribution in [0.15, 0.2) is 24.5 Å². The van der Waals surface area contributed by atoms with Gasteiger partial charge in [-0.15, -0.1) is 0 Å². The number of likely N-dealkylation sites (tertiary alicyclic amines) is 1. The fourth-order valence-corrected chi connectivity index (χ4v) is 6.02. The molecule has 5 rings (SSSR count). The van der Waals surface area contributed by atoms with Crippen molar-refractivity contribution in [2.45, 2.75) is 43.8 Å². The van der Waals surface area contributed by atoms with Crippen LogP contribution in [0, 0.1) is 11.6 Å². The predicted molar refractivity (Wildman–Crippen MR) is 144 cm³/mol. The molecule has 1 aromatic heterocycles. The molecule has 0 radical (unpaired) electrons. The van der Waals surface area contributed by atoms with Crippen molar-refractivity contribution in [2.75, 3.05) is 75.5 Å². The molecule has 0 bridgehead atoms. The quantitative estimate of drug-likeness (QED) is 0.592. The number of carbonyl (C=O) groups is 1. The number of amides is 1. The molecule has 0 atom stereocenters. The normalized spacial score (nSPS) is 20.7. The molecule has 206 valence electrons. The predicted octanol–water partition coefficient (Wildman–Crippen LogP) is 2.30. The van der Waals surface area contributed by atoms with Crippen LogP contribution in [0.25, 0.3) is 0 Å². The minimum absolute atomic E-state index is 0.0106. The lowest BCUT2D eigenvalue weighted by molar-refractivity contribution is -0.123. The van der Waals surface area contributed by atoms with Crippen molar-refractivity contribution in [1.82, 2.24) is 25.1 Å². The van der Waals surface area contributed by atoms with Crippen LogP contribution >= 0.6 is 0 Å². The van der Waals surface area contributed by atoms with Gasteiger partial charge in [0.15, 0.2) is 0 Å². The van der Waals surface area contributed by atoms with Crippen molar-refractivity contribution >= 4 is 23.2 Å². The van der Waals surface area contributed by atoms with E-state index in [1.165, 1.54) is 18.5 Å². The molecule has 4 heterocycles. The molecule has 11 heteroatoms. The molecule has 2 N–H and O–H groups in total. The van der Waals surface area contributed by atoms with Crippen LogP contribution in [0.5, 0.6) is 0 Å². The highest BCUT2D eigenvalue weighted by atomic mass is 19.1. The Morgan fingerprint density at radius 3 is 2.47 bits per heavy atom. The number of carbonyl (C=O) groups excluding carboxylic acids is 1. The smallest absolute Gasteiger partial charge is 0.240 e. The van der Waals surface area contributed by atoms with Gasteiger partial charge in [0.25, 0.3) is 0 Å². The number of hydrogen-bond donors (Lipinski definition) is 2. The third-order valence-electron chi connectivity index (χ3n) is 8.32. The first-order valence-electron chi connectivity index (χ1n) is 13.4. The summed E-state index contributed by atoms with van der Waals surface area (Å²) in [6.45, 7) is 3.94. The fraction of sp³-hybridized carbons (Fsp3) is 0.593. The molecular weight excluding hydrogens is 490 g/mol. The van der Waals surface area contributed by atoms with Crippen molar-refractivity contribution in [3.8, 4) is 0 Å². The SMILES string of the molecule is CNc1cc(N2CCC3(CC2)CN(c2cc(F)c(CN4CCC(N(C)C)CC4)cc2F)CC(=O)N3)ncn1. The number of nitrogens with one attached hydrogen (secondary N) is 2. The molecule has 9 nitrogen and oxygen atoms in total. The summed E-state index contributed by atoms with van der Waals surface area (Å²) >= 11 is 0. The number of rotatable bonds is 6. The molecule has 1 aromatic carbocycles.